The van der Waals surface area contributed by atoms with Crippen LogP contribution < -0.4 is 35.3 Å². The van der Waals surface area contributed by atoms with Crippen LogP contribution in [0.3, 0.4) is 0 Å². The van der Waals surface area contributed by atoms with Crippen molar-refractivity contribution in [3.8, 4) is 23.0 Å². The molecule has 6 aromatic carbocycles. The van der Waals surface area contributed by atoms with E-state index in [4.69, 9.17) is 76.8 Å². The van der Waals surface area contributed by atoms with Crippen molar-refractivity contribution in [1.29, 1.82) is 0 Å². The van der Waals surface area contributed by atoms with Crippen molar-refractivity contribution in [3.63, 3.8) is 0 Å². The molecule has 28 nitrogen and oxygen atoms in total. The third-order valence-corrected chi connectivity index (χ3v) is 25.1. The lowest BCUT2D eigenvalue weighted by molar-refractivity contribution is -0.384. The van der Waals surface area contributed by atoms with Crippen LogP contribution in [0.1, 0.15) is 181 Å². The molecule has 0 spiro atoms. The van der Waals surface area contributed by atoms with Crippen LogP contribution in [0, 0.1) is 27.9 Å². The normalized spacial score (nSPS) is 21.3. The largest absolute Gasteiger partial charge is 0.519 e. The number of non-ortho nitro benzene ring substituents is 1. The summed E-state index contributed by atoms with van der Waals surface area (Å²) in [6.45, 7) is 18.6. The van der Waals surface area contributed by atoms with Gasteiger partial charge in [-0.1, -0.05) is 171 Å². The van der Waals surface area contributed by atoms with E-state index in [0.29, 0.717) is 135 Å². The standard InChI is InChI=1S/C33H46N2O7.C31H32N2O7.C25H40N2O5.C9H20O3/c1-33-15-9-5-8-12-27(30(33)34-31(36)41-24-25-10-6-4-7-11-25)22-26-13-14-28(23-29(26)33)42-32(37)35(2)16-17-39-20-21-40-19-18-38-3;1-31-17-7-3-6-10-23(28(31)32-29(34)38-20-21-8-4-2-5-9-21)18-22-11-14-26(19-27(22)31)40-30(35)39-25-15-12-24(13-16-25)33(36)37;1-25-10-6-4-5-7-20(23(25)26)17-19-8-9-21(18-22(19)25)32-24(28)27(2)11-12-30-15-16-31-14-13-29-3;1-3-4-5-11-8-9-12-7-6-10-2/h4,6-7,10-11,13-14,23,27,30H,5,8-9,12,15-22,24H2,1-3H3,(H,34,36);2,4-5,8-9,11-16,19,23,28H,3,6-7,10,17-18,20H2,1H3,(H,32,34);8-9,18,20,23H,4-7,10-17,26H2,1-3H3;3-9H2,1-2H3/t27-,30-,33+;23-,28-,31+;20-,23-,25+;/m000./s1. The van der Waals surface area contributed by atoms with Crippen LogP contribution in [0.5, 0.6) is 23.0 Å². The number of amides is 4. The molecule has 0 unspecified atom stereocenters. The summed E-state index contributed by atoms with van der Waals surface area (Å²) >= 11 is 0. The van der Waals surface area contributed by atoms with Crippen LogP contribution in [-0.2, 0) is 101 Å². The molecule has 3 fully saturated rings. The number of methoxy groups -OCH3 is 3. The Bertz CT molecular complexity index is 4250. The van der Waals surface area contributed by atoms with E-state index in [2.05, 4.69) is 50.5 Å². The van der Waals surface area contributed by atoms with Crippen molar-refractivity contribution in [1.82, 2.24) is 20.4 Å². The molecule has 9 atom stereocenters. The first-order valence-corrected chi connectivity index (χ1v) is 45.1. The number of carbonyl (C=O) groups is 5. The molecule has 0 aliphatic heterocycles. The Morgan fingerprint density at radius 1 is 0.429 bits per heavy atom. The maximum absolute atomic E-state index is 13.0. The Kier molecular flexibility index (Phi) is 42.6. The van der Waals surface area contributed by atoms with Crippen molar-refractivity contribution >= 4 is 36.2 Å². The van der Waals surface area contributed by atoms with E-state index in [1.807, 2.05) is 97.1 Å². The van der Waals surface area contributed by atoms with Crippen molar-refractivity contribution in [2.24, 2.45) is 23.5 Å². The summed E-state index contributed by atoms with van der Waals surface area (Å²) in [7, 11) is 8.35. The van der Waals surface area contributed by atoms with Crippen LogP contribution in [0.15, 0.2) is 140 Å². The van der Waals surface area contributed by atoms with E-state index in [1.54, 1.807) is 41.5 Å². The quantitative estimate of drug-likeness (QED) is 0.0107. The molecule has 126 heavy (non-hydrogen) atoms. The monoisotopic (exact) mass is 1750 g/mol. The van der Waals surface area contributed by atoms with Gasteiger partial charge >= 0.3 is 30.5 Å². The first-order valence-electron chi connectivity index (χ1n) is 45.1. The Labute approximate surface area is 744 Å². The summed E-state index contributed by atoms with van der Waals surface area (Å²) < 4.78 is 80.4. The third-order valence-electron chi connectivity index (χ3n) is 25.1. The number of hydrogen-bond donors (Lipinski definition) is 3. The molecule has 6 aliphatic rings. The molecule has 28 heteroatoms. The summed E-state index contributed by atoms with van der Waals surface area (Å²) in [4.78, 5) is 77.3. The molecular weight excluding hydrogens is 1610 g/mol. The number of unbranched alkanes of at least 4 members (excludes halogenated alkanes) is 1. The fourth-order valence-corrected chi connectivity index (χ4v) is 18.0. The van der Waals surface area contributed by atoms with Gasteiger partial charge in [-0.15, -0.1) is 0 Å². The van der Waals surface area contributed by atoms with Gasteiger partial charge in [-0.25, -0.2) is 24.0 Å². The smallest absolute Gasteiger partial charge is 0.445 e. The minimum absolute atomic E-state index is 0.0633. The second-order valence-electron chi connectivity index (χ2n) is 34.1. The molecule has 4 amide bonds. The van der Waals surface area contributed by atoms with E-state index >= 15 is 0 Å². The van der Waals surface area contributed by atoms with Crippen LogP contribution in [0.4, 0.5) is 29.7 Å². The zero-order valence-electron chi connectivity index (χ0n) is 75.7. The first kappa shape index (κ1) is 100. The molecule has 0 radical (unpaired) electrons. The number of rotatable bonds is 38. The SMILES string of the molecule is CCCCOCCOCCOC.COCCOCCOCCN(C)C(=O)Oc1ccc2c(c1)[C@@]1(C)CCCCC[C@@H](C2)[C@@H]1N.COCCOCCOCCN(C)C(=O)Oc1ccc2c(c1)[C@@]1(C)CCCCC[C@@H](C2)[C@@H]1NC(=O)OCc1ccccc1.C[C@@]12CCCCC[C@@H](Cc3ccc(OC(=O)Oc4ccc([N+](=O)[O-])cc4)cc31)[C@@H]2NC(=O)OCc1ccccc1. The highest BCUT2D eigenvalue weighted by Crippen LogP contribution is 2.51. The zero-order valence-corrected chi connectivity index (χ0v) is 75.7. The molecule has 6 aliphatic carbocycles. The van der Waals surface area contributed by atoms with Gasteiger partial charge in [-0.05, 0) is 175 Å². The predicted octanol–water partition coefficient (Wildman–Crippen LogP) is 17.3. The van der Waals surface area contributed by atoms with Crippen molar-refractivity contribution in [3.05, 3.63) is 194 Å². The van der Waals surface area contributed by atoms with E-state index in [-0.39, 0.29) is 71.0 Å². The molecule has 3 saturated carbocycles. The van der Waals surface area contributed by atoms with Gasteiger partial charge in [-0.2, -0.15) is 0 Å². The Balaban J connectivity index is 0.000000202. The molecule has 12 rings (SSSR count). The number of nitrogens with zero attached hydrogens (tertiary/aromatic N) is 3. The summed E-state index contributed by atoms with van der Waals surface area (Å²) in [6.07, 6.45) is 19.0. The number of nitrogens with two attached hydrogens (primary N) is 1. The number of likely N-dealkylation sites (N-methyl/N-ethyl adjacent to an activating group) is 2. The van der Waals surface area contributed by atoms with Gasteiger partial charge in [0.25, 0.3) is 5.69 Å². The van der Waals surface area contributed by atoms with E-state index < -0.39 is 29.4 Å². The Morgan fingerprint density at radius 3 is 1.18 bits per heavy atom. The van der Waals surface area contributed by atoms with Crippen LogP contribution >= 0.6 is 0 Å². The lowest BCUT2D eigenvalue weighted by Gasteiger charge is -2.49. The highest BCUT2D eigenvalue weighted by atomic mass is 16.7. The van der Waals surface area contributed by atoms with Gasteiger partial charge in [0.1, 0.15) is 36.2 Å². The van der Waals surface area contributed by atoms with Crippen LogP contribution in [0.2, 0.25) is 0 Å². The van der Waals surface area contributed by atoms with Crippen LogP contribution in [-0.4, -0.2) is 211 Å². The lowest BCUT2D eigenvalue weighted by Crippen LogP contribution is -2.57. The van der Waals surface area contributed by atoms with E-state index in [1.165, 1.54) is 94.8 Å². The first-order chi connectivity index (χ1) is 61.1. The van der Waals surface area contributed by atoms with E-state index in [9.17, 15) is 34.1 Å². The molecule has 692 valence electrons. The Hall–Kier alpha value is -9.33. The second-order valence-corrected chi connectivity index (χ2v) is 34.1. The van der Waals surface area contributed by atoms with Gasteiger partial charge in [0.15, 0.2) is 0 Å². The fraction of sp³-hybridized carbons (Fsp3) is 0.582. The topological polar surface area (TPSA) is 323 Å². The number of carbonyl (C=O) groups excluding carboxylic acids is 5. The third kappa shape index (κ3) is 31.3. The minimum Gasteiger partial charge on any atom is -0.445 e. The average molecular weight is 1750 g/mol. The maximum atomic E-state index is 13.0. The number of fused-ring (bicyclic) bond motifs is 12. The molecule has 0 heterocycles. The molecule has 4 N–H and O–H groups in total. The average Bonchev–Trinajstić information content (AvgIpc) is 0.640. The fourth-order valence-electron chi connectivity index (χ4n) is 18.0. The minimum atomic E-state index is -0.940. The zero-order chi connectivity index (χ0) is 89.9. The number of benzene rings is 6. The Morgan fingerprint density at radius 2 is 0.778 bits per heavy atom. The van der Waals surface area contributed by atoms with Crippen molar-refractivity contribution in [2.45, 2.75) is 204 Å². The summed E-state index contributed by atoms with van der Waals surface area (Å²) in [5, 5.41) is 17.3. The second kappa shape index (κ2) is 53.5. The maximum Gasteiger partial charge on any atom is 0.519 e. The highest BCUT2D eigenvalue weighted by molar-refractivity contribution is 5.72. The number of nitro benzene ring substituents is 1. The number of ether oxygens (including phenoxy) is 15. The molecule has 6 aromatic rings. The van der Waals surface area contributed by atoms with Gasteiger partial charge in [-0.3, -0.25) is 10.1 Å². The van der Waals surface area contributed by atoms with E-state index in [0.717, 1.165) is 119 Å². The summed E-state index contributed by atoms with van der Waals surface area (Å²) in [5.41, 5.74) is 15.0. The molecule has 0 aromatic heterocycles. The van der Waals surface area contributed by atoms with Gasteiger partial charge in [0.05, 0.1) is 97.4 Å². The summed E-state index contributed by atoms with van der Waals surface area (Å²) in [5.74, 6) is 2.68. The molecule has 0 saturated heterocycles. The molecule has 6 bridgehead atoms. The van der Waals surface area contributed by atoms with Crippen LogP contribution in [0.25, 0.3) is 0 Å². The number of alkyl carbamates (subject to hydrolysis) is 2. The van der Waals surface area contributed by atoms with Gasteiger partial charge in [0, 0.05) is 102 Å². The molecular formula is C98H138N6O22. The van der Waals surface area contributed by atoms with Crippen molar-refractivity contribution in [2.75, 3.05) is 148 Å². The number of nitrogens with one attached hydrogen (secondary N) is 2. The van der Waals surface area contributed by atoms with Gasteiger partial charge in [0.2, 0.25) is 0 Å². The summed E-state index contributed by atoms with van der Waals surface area (Å²) in [6, 6.07) is 42.1. The number of nitro groups is 1. The predicted molar refractivity (Wildman–Crippen MR) is 480 cm³/mol. The van der Waals surface area contributed by atoms with Gasteiger partial charge < -0.3 is 97.2 Å². The van der Waals surface area contributed by atoms with Crippen molar-refractivity contribution < 1.29 is 99.9 Å². The lowest BCUT2D eigenvalue weighted by atomic mass is 9.59. The highest BCUT2D eigenvalue weighted by Gasteiger charge is 2.50. The number of hydrogen-bond acceptors (Lipinski definition) is 23.